The lowest BCUT2D eigenvalue weighted by molar-refractivity contribution is -0.405. The Balaban J connectivity index is 3.48. The standard InChI is InChI=1S/C10H11F6O3/c1-5(2)7(19-4-17)3-6(18)8(11,12)10(15,16)9(7,13)14/h5-6,18H,3H2,1-2H3. The van der Waals surface area contributed by atoms with Crippen LogP contribution in [-0.4, -0.2) is 41.1 Å². The molecule has 1 rings (SSSR count). The lowest BCUT2D eigenvalue weighted by Crippen LogP contribution is -2.75. The second-order valence-electron chi connectivity index (χ2n) is 4.72. The minimum Gasteiger partial charge on any atom is -0.444 e. The molecule has 3 nitrogen and oxygen atoms in total. The summed E-state index contributed by atoms with van der Waals surface area (Å²) in [6.07, 6.45) is -4.59. The Morgan fingerprint density at radius 3 is 2.00 bits per heavy atom. The first kappa shape index (κ1) is 16.1. The normalized spacial score (nSPS) is 36.0. The van der Waals surface area contributed by atoms with E-state index in [-0.39, 0.29) is 0 Å². The number of ether oxygens (including phenoxy) is 1. The molecule has 9 heteroatoms. The van der Waals surface area contributed by atoms with Crippen LogP contribution in [0.25, 0.3) is 0 Å². The first-order valence-electron chi connectivity index (χ1n) is 5.25. The molecular formula is C10H11F6O3. The van der Waals surface area contributed by atoms with E-state index in [9.17, 15) is 31.1 Å². The van der Waals surface area contributed by atoms with Gasteiger partial charge < -0.3 is 9.84 Å². The van der Waals surface area contributed by atoms with Crippen LogP contribution in [0.1, 0.15) is 20.3 Å². The molecule has 0 saturated heterocycles. The molecule has 0 bridgehead atoms. The van der Waals surface area contributed by atoms with E-state index in [0.717, 1.165) is 13.8 Å². The van der Waals surface area contributed by atoms with Crippen molar-refractivity contribution in [2.45, 2.75) is 49.7 Å². The molecule has 0 aromatic carbocycles. The molecule has 0 aliphatic heterocycles. The maximum absolute atomic E-state index is 13.8. The van der Waals surface area contributed by atoms with Crippen molar-refractivity contribution >= 4 is 6.47 Å². The third-order valence-electron chi connectivity index (χ3n) is 3.42. The summed E-state index contributed by atoms with van der Waals surface area (Å²) in [6, 6.07) is 0. The van der Waals surface area contributed by atoms with Crippen molar-refractivity contribution in [2.75, 3.05) is 0 Å². The fraction of sp³-hybridized carbons (Fsp3) is 0.900. The Hall–Kier alpha value is -0.990. The van der Waals surface area contributed by atoms with Crippen molar-refractivity contribution < 1.29 is 41.0 Å². The van der Waals surface area contributed by atoms with Gasteiger partial charge in [0.05, 0.1) is 0 Å². The summed E-state index contributed by atoms with van der Waals surface area (Å²) < 4.78 is 84.3. The SMILES string of the molecule is CC(C)C1(O[C]=O)CC(O)C(F)(F)C(F)(F)C1(F)F. The van der Waals surface area contributed by atoms with E-state index in [4.69, 9.17) is 5.11 Å². The average Bonchev–Trinajstić information content (AvgIpc) is 2.25. The minimum absolute atomic E-state index is 0.582. The van der Waals surface area contributed by atoms with Crippen LogP contribution in [0.5, 0.6) is 0 Å². The van der Waals surface area contributed by atoms with Crippen molar-refractivity contribution in [3.8, 4) is 0 Å². The third-order valence-corrected chi connectivity index (χ3v) is 3.42. The molecule has 111 valence electrons. The number of carbonyl (C=O) groups excluding carboxylic acids is 1. The van der Waals surface area contributed by atoms with Gasteiger partial charge >= 0.3 is 24.2 Å². The molecule has 1 saturated carbocycles. The Bertz CT molecular complexity index is 370. The fourth-order valence-electron chi connectivity index (χ4n) is 2.12. The number of aliphatic hydroxyl groups excluding tert-OH is 1. The monoisotopic (exact) mass is 293 g/mol. The van der Waals surface area contributed by atoms with Crippen LogP contribution in [0.15, 0.2) is 0 Å². The molecule has 0 aromatic rings. The van der Waals surface area contributed by atoms with Crippen molar-refractivity contribution in [1.29, 1.82) is 0 Å². The molecule has 1 radical (unpaired) electrons. The van der Waals surface area contributed by atoms with Crippen molar-refractivity contribution in [3.63, 3.8) is 0 Å². The molecule has 19 heavy (non-hydrogen) atoms. The zero-order valence-corrected chi connectivity index (χ0v) is 9.89. The van der Waals surface area contributed by atoms with Gasteiger partial charge in [0.15, 0.2) is 5.60 Å². The van der Waals surface area contributed by atoms with Crippen molar-refractivity contribution in [3.05, 3.63) is 0 Å². The van der Waals surface area contributed by atoms with Crippen molar-refractivity contribution in [1.82, 2.24) is 0 Å². The van der Waals surface area contributed by atoms with E-state index in [1.165, 1.54) is 0 Å². The van der Waals surface area contributed by atoms with E-state index in [1.54, 1.807) is 0 Å². The topological polar surface area (TPSA) is 46.5 Å². The minimum atomic E-state index is -5.86. The molecule has 1 aliphatic carbocycles. The molecule has 2 unspecified atom stereocenters. The predicted octanol–water partition coefficient (Wildman–Crippen LogP) is 2.14. The zero-order valence-electron chi connectivity index (χ0n) is 9.89. The molecule has 1 N–H and O–H groups in total. The molecular weight excluding hydrogens is 282 g/mol. The highest BCUT2D eigenvalue weighted by molar-refractivity contribution is 5.41. The summed E-state index contributed by atoms with van der Waals surface area (Å²) in [5.41, 5.74) is -3.25. The van der Waals surface area contributed by atoms with Gasteiger partial charge in [-0.15, -0.1) is 0 Å². The van der Waals surface area contributed by atoms with Crippen LogP contribution in [0.3, 0.4) is 0 Å². The van der Waals surface area contributed by atoms with E-state index < -0.39 is 41.8 Å². The maximum atomic E-state index is 13.8. The molecule has 1 aliphatic rings. The van der Waals surface area contributed by atoms with Gasteiger partial charge in [-0.05, 0) is 5.92 Å². The summed E-state index contributed by atoms with van der Waals surface area (Å²) in [7, 11) is 0. The van der Waals surface area contributed by atoms with Crippen LogP contribution in [0.2, 0.25) is 0 Å². The first-order chi connectivity index (χ1) is 8.38. The predicted molar refractivity (Wildman–Crippen MR) is 49.8 cm³/mol. The first-order valence-corrected chi connectivity index (χ1v) is 5.25. The summed E-state index contributed by atoms with van der Waals surface area (Å²) in [5, 5.41) is 9.04. The Morgan fingerprint density at radius 2 is 1.63 bits per heavy atom. The van der Waals surface area contributed by atoms with Crippen LogP contribution in [-0.2, 0) is 9.53 Å². The number of aliphatic hydroxyl groups is 1. The van der Waals surface area contributed by atoms with Gasteiger partial charge in [-0.2, -0.15) is 26.3 Å². The summed E-state index contributed by atoms with van der Waals surface area (Å²) in [5.74, 6) is -18.0. The smallest absolute Gasteiger partial charge is 0.418 e. The second-order valence-corrected chi connectivity index (χ2v) is 4.72. The molecule has 0 spiro atoms. The molecule has 0 amide bonds. The van der Waals surface area contributed by atoms with Crippen molar-refractivity contribution in [2.24, 2.45) is 5.92 Å². The van der Waals surface area contributed by atoms with E-state index in [1.807, 2.05) is 0 Å². The van der Waals surface area contributed by atoms with Crippen LogP contribution >= 0.6 is 0 Å². The zero-order chi connectivity index (χ0) is 15.3. The van der Waals surface area contributed by atoms with E-state index in [0.29, 0.717) is 6.47 Å². The Kier molecular flexibility index (Phi) is 3.60. The van der Waals surface area contributed by atoms with Gasteiger partial charge in [0, 0.05) is 6.42 Å². The molecule has 2 atom stereocenters. The number of hydrogen-bond donors (Lipinski definition) is 1. The summed E-state index contributed by atoms with van der Waals surface area (Å²) in [4.78, 5) is 10.2. The molecule has 0 heterocycles. The van der Waals surface area contributed by atoms with Crippen LogP contribution in [0.4, 0.5) is 26.3 Å². The van der Waals surface area contributed by atoms with E-state index >= 15 is 0 Å². The highest BCUT2D eigenvalue weighted by atomic mass is 19.3. The summed E-state index contributed by atoms with van der Waals surface area (Å²) >= 11 is 0. The molecule has 1 fully saturated rings. The third kappa shape index (κ3) is 1.73. The number of rotatable bonds is 3. The lowest BCUT2D eigenvalue weighted by atomic mass is 9.69. The Labute approximate surface area is 104 Å². The number of hydrogen-bond acceptors (Lipinski definition) is 3. The van der Waals surface area contributed by atoms with Gasteiger partial charge in [0.2, 0.25) is 0 Å². The van der Waals surface area contributed by atoms with Gasteiger partial charge in [-0.1, -0.05) is 13.8 Å². The summed E-state index contributed by atoms with van der Waals surface area (Å²) in [6.45, 7) is 2.55. The maximum Gasteiger partial charge on any atom is 0.418 e. The van der Waals surface area contributed by atoms with Gasteiger partial charge in [-0.3, -0.25) is 0 Å². The highest BCUT2D eigenvalue weighted by Crippen LogP contribution is 2.60. The largest absolute Gasteiger partial charge is 0.444 e. The number of halogens is 6. The van der Waals surface area contributed by atoms with Crippen LogP contribution < -0.4 is 0 Å². The molecule has 0 aromatic heterocycles. The van der Waals surface area contributed by atoms with Gasteiger partial charge in [0.1, 0.15) is 6.10 Å². The van der Waals surface area contributed by atoms with Gasteiger partial charge in [0.25, 0.3) is 0 Å². The van der Waals surface area contributed by atoms with Crippen LogP contribution in [0, 0.1) is 5.92 Å². The van der Waals surface area contributed by atoms with Gasteiger partial charge in [-0.25, -0.2) is 4.79 Å². The number of alkyl halides is 6. The highest BCUT2D eigenvalue weighted by Gasteiger charge is 2.85. The average molecular weight is 293 g/mol. The Morgan fingerprint density at radius 1 is 1.16 bits per heavy atom. The van der Waals surface area contributed by atoms with E-state index in [2.05, 4.69) is 4.74 Å². The fourth-order valence-corrected chi connectivity index (χ4v) is 2.12. The second kappa shape index (κ2) is 4.26. The quantitative estimate of drug-likeness (QED) is 0.811. The lowest BCUT2D eigenvalue weighted by Gasteiger charge is -2.51.